The van der Waals surface area contributed by atoms with Crippen molar-refractivity contribution < 1.29 is 4.42 Å². The number of benzene rings is 8. The van der Waals surface area contributed by atoms with Crippen molar-refractivity contribution in [3.8, 4) is 39.6 Å². The van der Waals surface area contributed by atoms with Crippen molar-refractivity contribution in [3.63, 3.8) is 0 Å². The van der Waals surface area contributed by atoms with Crippen LogP contribution in [0.5, 0.6) is 0 Å². The van der Waals surface area contributed by atoms with E-state index in [1.54, 1.807) is 0 Å². The molecule has 0 spiro atoms. The summed E-state index contributed by atoms with van der Waals surface area (Å²) < 4.78 is 13.3. The summed E-state index contributed by atoms with van der Waals surface area (Å²) >= 11 is 0. The number of nitrogens with zero attached hydrogens (tertiary/aromatic N) is 5. The van der Waals surface area contributed by atoms with Crippen molar-refractivity contribution in [2.75, 3.05) is 0 Å². The molecule has 12 aromatic rings. The molecule has 0 bridgehead atoms. The molecule has 0 aliphatic heterocycles. The summed E-state index contributed by atoms with van der Waals surface area (Å²) in [5.41, 5.74) is 13.1. The molecule has 0 atom stereocenters. The summed E-state index contributed by atoms with van der Waals surface area (Å²) in [6.45, 7) is 0. The number of hydrogen-bond donors (Lipinski definition) is 0. The minimum Gasteiger partial charge on any atom is -0.456 e. The van der Waals surface area contributed by atoms with Gasteiger partial charge in [0, 0.05) is 43.4 Å². The normalized spacial score (nSPS) is 11.9. The fourth-order valence-corrected chi connectivity index (χ4v) is 8.81. The van der Waals surface area contributed by atoms with Crippen LogP contribution < -0.4 is 0 Å². The minimum atomic E-state index is 0.834. The topological polar surface area (TPSA) is 53.7 Å². The Morgan fingerprint density at radius 2 is 0.946 bits per heavy atom. The van der Waals surface area contributed by atoms with Gasteiger partial charge in [0.25, 0.3) is 0 Å². The van der Waals surface area contributed by atoms with Gasteiger partial charge in [0.2, 0.25) is 0 Å². The van der Waals surface area contributed by atoms with Crippen LogP contribution in [0.25, 0.3) is 105 Å². The lowest BCUT2D eigenvalue weighted by Crippen LogP contribution is -2.06. The van der Waals surface area contributed by atoms with E-state index in [1.165, 1.54) is 5.39 Å². The van der Waals surface area contributed by atoms with Crippen LogP contribution >= 0.6 is 0 Å². The molecular weight excluding hydrogens is 687 g/mol. The minimum absolute atomic E-state index is 0.834. The first kappa shape index (κ1) is 30.7. The van der Waals surface area contributed by atoms with Crippen molar-refractivity contribution in [1.82, 2.24) is 24.1 Å². The summed E-state index contributed by atoms with van der Waals surface area (Å²) in [6, 6.07) is 66.2. The number of furan rings is 1. The van der Waals surface area contributed by atoms with Gasteiger partial charge in [-0.15, -0.1) is 5.10 Å². The van der Waals surface area contributed by atoms with E-state index in [0.717, 1.165) is 99.7 Å². The molecule has 0 amide bonds. The molecule has 4 heterocycles. The number of fused-ring (bicyclic) bond motifs is 9. The molecule has 262 valence electrons. The Bertz CT molecular complexity index is 3480. The van der Waals surface area contributed by atoms with Crippen LogP contribution in [0.4, 0.5) is 0 Å². The highest BCUT2D eigenvalue weighted by Crippen LogP contribution is 2.43. The van der Waals surface area contributed by atoms with Gasteiger partial charge in [0.15, 0.2) is 0 Å². The summed E-state index contributed by atoms with van der Waals surface area (Å²) in [4.78, 5) is 0. The van der Waals surface area contributed by atoms with E-state index in [-0.39, 0.29) is 0 Å². The maximum Gasteiger partial charge on any atom is 0.136 e. The lowest BCUT2D eigenvalue weighted by atomic mass is 10.0. The molecule has 0 saturated heterocycles. The van der Waals surface area contributed by atoms with Crippen LogP contribution in [-0.2, 0) is 0 Å². The standard InChI is InChI=1S/C50H31N5O/c1-3-16-32(17-4-1)48-49(33-18-5-2-6-19-33)55(52-51-48)44-28-15-23-37-34-20-7-11-25-41(34)54(50(37)44)43-27-13-12-26-42(43)53-40-24-10-8-21-35(40)38-31-47-39(30-45(38)53)36-22-9-14-29-46(36)56-47/h1-31H. The Labute approximate surface area is 320 Å². The van der Waals surface area contributed by atoms with E-state index in [0.29, 0.717) is 0 Å². The zero-order valence-electron chi connectivity index (χ0n) is 30.0. The summed E-state index contributed by atoms with van der Waals surface area (Å²) in [5.74, 6) is 0. The molecule has 0 saturated carbocycles. The highest BCUT2D eigenvalue weighted by atomic mass is 16.3. The van der Waals surface area contributed by atoms with Gasteiger partial charge < -0.3 is 13.6 Å². The van der Waals surface area contributed by atoms with Crippen molar-refractivity contribution >= 4 is 65.6 Å². The van der Waals surface area contributed by atoms with Crippen molar-refractivity contribution in [1.29, 1.82) is 0 Å². The second kappa shape index (κ2) is 11.9. The molecule has 6 nitrogen and oxygen atoms in total. The van der Waals surface area contributed by atoms with Crippen molar-refractivity contribution in [2.24, 2.45) is 0 Å². The zero-order valence-corrected chi connectivity index (χ0v) is 30.0. The molecule has 0 fully saturated rings. The van der Waals surface area contributed by atoms with E-state index in [1.807, 2.05) is 41.1 Å². The van der Waals surface area contributed by atoms with Crippen LogP contribution in [-0.4, -0.2) is 24.1 Å². The molecule has 0 aliphatic carbocycles. The van der Waals surface area contributed by atoms with Gasteiger partial charge in [-0.25, -0.2) is 4.68 Å². The van der Waals surface area contributed by atoms with Gasteiger partial charge in [-0.2, -0.15) is 0 Å². The van der Waals surface area contributed by atoms with Crippen molar-refractivity contribution in [3.05, 3.63) is 188 Å². The SMILES string of the molecule is c1ccc(-c2nnn(-c3cccc4c5ccccc5n(-c5ccccc5-n5c6ccccc6c6cc7oc8ccccc8c7cc65)c34)c2-c2ccccc2)cc1. The highest BCUT2D eigenvalue weighted by Gasteiger charge is 2.25. The maximum absolute atomic E-state index is 6.40. The quantitative estimate of drug-likeness (QED) is 0.178. The van der Waals surface area contributed by atoms with Gasteiger partial charge in [0.05, 0.1) is 39.1 Å². The van der Waals surface area contributed by atoms with Gasteiger partial charge in [-0.3, -0.25) is 0 Å². The van der Waals surface area contributed by atoms with Gasteiger partial charge in [-0.1, -0.05) is 145 Å². The monoisotopic (exact) mass is 717 g/mol. The molecule has 0 radical (unpaired) electrons. The largest absolute Gasteiger partial charge is 0.456 e. The smallest absolute Gasteiger partial charge is 0.136 e. The van der Waals surface area contributed by atoms with Gasteiger partial charge in [-0.05, 0) is 48.5 Å². The summed E-state index contributed by atoms with van der Waals surface area (Å²) in [7, 11) is 0. The molecule has 4 aromatic heterocycles. The fraction of sp³-hybridized carbons (Fsp3) is 0. The number of rotatable bonds is 5. The summed E-state index contributed by atoms with van der Waals surface area (Å²) in [5, 5.41) is 16.6. The third-order valence-electron chi connectivity index (χ3n) is 11.2. The van der Waals surface area contributed by atoms with Gasteiger partial charge in [0.1, 0.15) is 22.6 Å². The van der Waals surface area contributed by atoms with E-state index < -0.39 is 0 Å². The Hall–Kier alpha value is -7.70. The Morgan fingerprint density at radius 1 is 0.375 bits per heavy atom. The lowest BCUT2D eigenvalue weighted by molar-refractivity contribution is 0.669. The molecule has 12 rings (SSSR count). The average molecular weight is 718 g/mol. The van der Waals surface area contributed by atoms with Crippen molar-refractivity contribution in [2.45, 2.75) is 0 Å². The Morgan fingerprint density at radius 3 is 1.71 bits per heavy atom. The van der Waals surface area contributed by atoms with Crippen LogP contribution in [0.1, 0.15) is 0 Å². The Kier molecular flexibility index (Phi) is 6.53. The fourth-order valence-electron chi connectivity index (χ4n) is 8.81. The zero-order chi connectivity index (χ0) is 36.7. The van der Waals surface area contributed by atoms with Gasteiger partial charge >= 0.3 is 0 Å². The molecule has 0 unspecified atom stereocenters. The second-order valence-electron chi connectivity index (χ2n) is 14.3. The average Bonchev–Trinajstić information content (AvgIpc) is 4.03. The molecule has 8 aromatic carbocycles. The first-order chi connectivity index (χ1) is 27.8. The predicted molar refractivity (Wildman–Crippen MR) is 228 cm³/mol. The molecule has 0 N–H and O–H groups in total. The Balaban J connectivity index is 1.19. The molecule has 6 heteroatoms. The first-order valence-electron chi connectivity index (χ1n) is 18.9. The van der Waals surface area contributed by atoms with E-state index >= 15 is 0 Å². The predicted octanol–water partition coefficient (Wildman–Crippen LogP) is 12.7. The van der Waals surface area contributed by atoms with E-state index in [9.17, 15) is 0 Å². The van der Waals surface area contributed by atoms with Crippen LogP contribution in [0, 0.1) is 0 Å². The molecule has 0 aliphatic rings. The third-order valence-corrected chi connectivity index (χ3v) is 11.2. The molecule has 56 heavy (non-hydrogen) atoms. The highest BCUT2D eigenvalue weighted by molar-refractivity contribution is 6.18. The van der Waals surface area contributed by atoms with Crippen LogP contribution in [0.15, 0.2) is 192 Å². The summed E-state index contributed by atoms with van der Waals surface area (Å²) in [6.07, 6.45) is 0. The number of aromatic nitrogens is 5. The number of para-hydroxylation sites is 6. The second-order valence-corrected chi connectivity index (χ2v) is 14.3. The maximum atomic E-state index is 6.40. The lowest BCUT2D eigenvalue weighted by Gasteiger charge is -2.18. The number of hydrogen-bond acceptors (Lipinski definition) is 3. The molecular formula is C50H31N5O. The van der Waals surface area contributed by atoms with E-state index in [4.69, 9.17) is 14.7 Å². The third kappa shape index (κ3) is 4.38. The van der Waals surface area contributed by atoms with E-state index in [2.05, 4.69) is 161 Å². The first-order valence-corrected chi connectivity index (χ1v) is 18.9. The van der Waals surface area contributed by atoms with Crippen LogP contribution in [0.2, 0.25) is 0 Å². The van der Waals surface area contributed by atoms with Crippen LogP contribution in [0.3, 0.4) is 0 Å².